The first kappa shape index (κ1) is 20.0. The van der Waals surface area contributed by atoms with E-state index < -0.39 is 0 Å². The Labute approximate surface area is 174 Å². The number of hydrogen-bond acceptors (Lipinski definition) is 4. The van der Waals surface area contributed by atoms with Gasteiger partial charge in [-0.05, 0) is 61.4 Å². The molecule has 0 spiro atoms. The lowest BCUT2D eigenvalue weighted by Crippen LogP contribution is -2.49. The van der Waals surface area contributed by atoms with Gasteiger partial charge in [0.25, 0.3) is 0 Å². The smallest absolute Gasteiger partial charge is 0.234 e. The number of nitrogens with one attached hydrogen (secondary N) is 1. The van der Waals surface area contributed by atoms with Crippen LogP contribution in [0, 0.1) is 0 Å². The minimum absolute atomic E-state index is 0.0557. The molecule has 0 radical (unpaired) electrons. The number of aryl methyl sites for hydroxylation is 2. The Balaban J connectivity index is 1.23. The largest absolute Gasteiger partial charge is 0.348 e. The molecule has 4 rings (SSSR count). The average Bonchev–Trinajstić information content (AvgIpc) is 2.75. The first-order valence-corrected chi connectivity index (χ1v) is 10.9. The van der Waals surface area contributed by atoms with Gasteiger partial charge in [-0.15, -0.1) is 0 Å². The molecular formula is C24H32N4O. The molecule has 29 heavy (non-hydrogen) atoms. The summed E-state index contributed by atoms with van der Waals surface area (Å²) in [7, 11) is 0. The Kier molecular flexibility index (Phi) is 6.57. The van der Waals surface area contributed by atoms with Gasteiger partial charge in [-0.3, -0.25) is 19.6 Å². The predicted octanol–water partition coefficient (Wildman–Crippen LogP) is 2.96. The van der Waals surface area contributed by atoms with E-state index in [0.717, 1.165) is 38.4 Å². The zero-order valence-corrected chi connectivity index (χ0v) is 17.4. The molecule has 1 N–H and O–H groups in total. The summed E-state index contributed by atoms with van der Waals surface area (Å²) in [6, 6.07) is 12.9. The van der Waals surface area contributed by atoms with Gasteiger partial charge in [0, 0.05) is 38.9 Å². The monoisotopic (exact) mass is 392 g/mol. The van der Waals surface area contributed by atoms with Crippen LogP contribution < -0.4 is 5.32 Å². The average molecular weight is 393 g/mol. The molecule has 1 aliphatic carbocycles. The Hall–Kier alpha value is -2.24. The van der Waals surface area contributed by atoms with Crippen LogP contribution in [0.5, 0.6) is 0 Å². The van der Waals surface area contributed by atoms with Crippen LogP contribution >= 0.6 is 0 Å². The number of pyridine rings is 1. The first-order valence-electron chi connectivity index (χ1n) is 10.9. The molecule has 1 amide bonds. The fourth-order valence-corrected chi connectivity index (χ4v) is 4.42. The van der Waals surface area contributed by atoms with Crippen LogP contribution in [0.4, 0.5) is 0 Å². The maximum absolute atomic E-state index is 12.6. The highest BCUT2D eigenvalue weighted by Gasteiger charge is 2.20. The van der Waals surface area contributed by atoms with Gasteiger partial charge in [0.1, 0.15) is 0 Å². The summed E-state index contributed by atoms with van der Waals surface area (Å²) < 4.78 is 0. The van der Waals surface area contributed by atoms with Crippen molar-refractivity contribution in [3.05, 3.63) is 65.0 Å². The third-order valence-electron chi connectivity index (χ3n) is 6.19. The summed E-state index contributed by atoms with van der Waals surface area (Å²) in [4.78, 5) is 21.7. The number of piperazine rings is 1. The Morgan fingerprint density at radius 1 is 1.03 bits per heavy atom. The fourth-order valence-electron chi connectivity index (χ4n) is 4.42. The van der Waals surface area contributed by atoms with Gasteiger partial charge in [0.05, 0.1) is 18.3 Å². The second kappa shape index (κ2) is 9.51. The first-order chi connectivity index (χ1) is 14.2. The van der Waals surface area contributed by atoms with Gasteiger partial charge >= 0.3 is 0 Å². The van der Waals surface area contributed by atoms with E-state index >= 15 is 0 Å². The number of carbonyl (C=O) groups excluding carboxylic acids is 1. The van der Waals surface area contributed by atoms with Crippen LogP contribution in [-0.4, -0.2) is 53.4 Å². The van der Waals surface area contributed by atoms with E-state index in [9.17, 15) is 4.79 Å². The summed E-state index contributed by atoms with van der Waals surface area (Å²) in [5, 5.41) is 3.20. The lowest BCUT2D eigenvalue weighted by molar-refractivity contribution is -0.123. The van der Waals surface area contributed by atoms with Crippen molar-refractivity contribution in [2.24, 2.45) is 0 Å². The topological polar surface area (TPSA) is 48.5 Å². The van der Waals surface area contributed by atoms with E-state index in [1.807, 2.05) is 18.3 Å². The summed E-state index contributed by atoms with van der Waals surface area (Å²) in [5.74, 6) is 0.119. The number of amides is 1. The molecule has 1 fully saturated rings. The third kappa shape index (κ3) is 5.43. The van der Waals surface area contributed by atoms with Crippen molar-refractivity contribution in [1.29, 1.82) is 0 Å². The number of carbonyl (C=O) groups is 1. The van der Waals surface area contributed by atoms with Gasteiger partial charge in [-0.25, -0.2) is 0 Å². The second-order valence-corrected chi connectivity index (χ2v) is 8.40. The molecule has 1 unspecified atom stereocenters. The molecule has 1 aromatic heterocycles. The summed E-state index contributed by atoms with van der Waals surface area (Å²) in [5.41, 5.74) is 5.29. The molecule has 1 aromatic carbocycles. The van der Waals surface area contributed by atoms with Crippen LogP contribution in [0.1, 0.15) is 48.2 Å². The van der Waals surface area contributed by atoms with Gasteiger partial charge in [0.2, 0.25) is 5.91 Å². The van der Waals surface area contributed by atoms with E-state index in [-0.39, 0.29) is 11.9 Å². The number of nitrogens with zero attached hydrogens (tertiary/aromatic N) is 3. The van der Waals surface area contributed by atoms with Crippen molar-refractivity contribution in [1.82, 2.24) is 20.1 Å². The standard InChI is InChI=1S/C24H32N4O/c1-19(21-10-9-20-6-2-3-7-22(20)16-21)26-24(29)18-28-14-12-27(13-15-28)17-23-8-4-5-11-25-23/h4-5,8-11,16,19H,2-3,6-7,12-15,17-18H2,1H3,(H,26,29). The lowest BCUT2D eigenvalue weighted by atomic mass is 9.89. The summed E-state index contributed by atoms with van der Waals surface area (Å²) >= 11 is 0. The SMILES string of the molecule is CC(NC(=O)CN1CCN(Cc2ccccn2)CC1)c1ccc2c(c1)CCCC2. The van der Waals surface area contributed by atoms with Crippen molar-refractivity contribution < 1.29 is 4.79 Å². The van der Waals surface area contributed by atoms with Crippen molar-refractivity contribution in [2.75, 3.05) is 32.7 Å². The highest BCUT2D eigenvalue weighted by Crippen LogP contribution is 2.24. The van der Waals surface area contributed by atoms with Gasteiger partial charge in [-0.1, -0.05) is 24.3 Å². The Morgan fingerprint density at radius 2 is 1.79 bits per heavy atom. The van der Waals surface area contributed by atoms with Crippen LogP contribution in [-0.2, 0) is 24.2 Å². The Bertz CT molecular complexity index is 815. The van der Waals surface area contributed by atoms with Crippen LogP contribution in [0.3, 0.4) is 0 Å². The molecule has 1 atom stereocenters. The molecular weight excluding hydrogens is 360 g/mol. The highest BCUT2D eigenvalue weighted by molar-refractivity contribution is 5.78. The number of aromatic nitrogens is 1. The van der Waals surface area contributed by atoms with Gasteiger partial charge in [0.15, 0.2) is 0 Å². The van der Waals surface area contributed by atoms with E-state index in [1.165, 1.54) is 42.4 Å². The van der Waals surface area contributed by atoms with Gasteiger partial charge < -0.3 is 5.32 Å². The maximum atomic E-state index is 12.6. The molecule has 5 nitrogen and oxygen atoms in total. The third-order valence-corrected chi connectivity index (χ3v) is 6.19. The second-order valence-electron chi connectivity index (χ2n) is 8.40. The normalized spacial score (nSPS) is 18.8. The highest BCUT2D eigenvalue weighted by atomic mass is 16.2. The van der Waals surface area contributed by atoms with E-state index in [1.54, 1.807) is 0 Å². The molecule has 2 aliphatic rings. The molecule has 1 aliphatic heterocycles. The Morgan fingerprint density at radius 3 is 2.55 bits per heavy atom. The molecule has 2 aromatic rings. The lowest BCUT2D eigenvalue weighted by Gasteiger charge is -2.34. The van der Waals surface area contributed by atoms with Gasteiger partial charge in [-0.2, -0.15) is 0 Å². The van der Waals surface area contributed by atoms with Crippen molar-refractivity contribution in [2.45, 2.75) is 45.2 Å². The predicted molar refractivity (Wildman–Crippen MR) is 116 cm³/mol. The molecule has 0 bridgehead atoms. The number of benzene rings is 1. The zero-order chi connectivity index (χ0) is 20.1. The maximum Gasteiger partial charge on any atom is 0.234 e. The molecule has 1 saturated heterocycles. The van der Waals surface area contributed by atoms with E-state index in [2.05, 4.69) is 51.3 Å². The minimum atomic E-state index is 0.0557. The van der Waals surface area contributed by atoms with Crippen LogP contribution in [0.2, 0.25) is 0 Å². The summed E-state index contributed by atoms with van der Waals surface area (Å²) in [6.45, 7) is 7.26. The quantitative estimate of drug-likeness (QED) is 0.821. The number of hydrogen-bond donors (Lipinski definition) is 1. The minimum Gasteiger partial charge on any atom is -0.348 e. The molecule has 154 valence electrons. The van der Waals surface area contributed by atoms with Crippen LogP contribution in [0.15, 0.2) is 42.6 Å². The molecule has 5 heteroatoms. The van der Waals surface area contributed by atoms with E-state index in [0.29, 0.717) is 6.54 Å². The van der Waals surface area contributed by atoms with Crippen molar-refractivity contribution in [3.8, 4) is 0 Å². The molecule has 2 heterocycles. The van der Waals surface area contributed by atoms with Crippen LogP contribution in [0.25, 0.3) is 0 Å². The van der Waals surface area contributed by atoms with Crippen molar-refractivity contribution >= 4 is 5.91 Å². The summed E-state index contributed by atoms with van der Waals surface area (Å²) in [6.07, 6.45) is 6.80. The zero-order valence-electron chi connectivity index (χ0n) is 17.4. The molecule has 0 saturated carbocycles. The van der Waals surface area contributed by atoms with Crippen molar-refractivity contribution in [3.63, 3.8) is 0 Å². The number of rotatable bonds is 6. The fraction of sp³-hybridized carbons (Fsp3) is 0.500. The van der Waals surface area contributed by atoms with E-state index in [4.69, 9.17) is 0 Å². The number of fused-ring (bicyclic) bond motifs is 1.